The Bertz CT molecular complexity index is 229. The van der Waals surface area contributed by atoms with E-state index in [2.05, 4.69) is 0 Å². The Balaban J connectivity index is 1.96. The summed E-state index contributed by atoms with van der Waals surface area (Å²) in [5.74, 6) is 1.05. The van der Waals surface area contributed by atoms with Gasteiger partial charge >= 0.3 is 0 Å². The molecule has 1 saturated heterocycles. The predicted molar refractivity (Wildman–Crippen MR) is 59.0 cm³/mol. The minimum atomic E-state index is 0.0912. The van der Waals surface area contributed by atoms with E-state index >= 15 is 0 Å². The number of ether oxygens (including phenoxy) is 1. The molecule has 1 heterocycles. The van der Waals surface area contributed by atoms with Crippen LogP contribution in [-0.4, -0.2) is 42.5 Å². The molecule has 0 spiro atoms. The van der Waals surface area contributed by atoms with Crippen molar-refractivity contribution in [2.75, 3.05) is 25.6 Å². The molecular weight excluding hydrogens is 214 g/mol. The number of rotatable bonds is 2. The van der Waals surface area contributed by atoms with E-state index in [9.17, 15) is 4.79 Å². The van der Waals surface area contributed by atoms with Crippen molar-refractivity contribution in [1.29, 1.82) is 0 Å². The van der Waals surface area contributed by atoms with E-state index in [-0.39, 0.29) is 12.0 Å². The molecule has 1 aliphatic heterocycles. The van der Waals surface area contributed by atoms with E-state index in [0.717, 1.165) is 12.8 Å². The summed E-state index contributed by atoms with van der Waals surface area (Å²) >= 11 is 5.85. The van der Waals surface area contributed by atoms with Gasteiger partial charge in [-0.05, 0) is 12.8 Å². The maximum absolute atomic E-state index is 12.2. The van der Waals surface area contributed by atoms with Gasteiger partial charge in [-0.1, -0.05) is 12.8 Å². The summed E-state index contributed by atoms with van der Waals surface area (Å²) in [5.41, 5.74) is 0. The molecule has 3 nitrogen and oxygen atoms in total. The molecule has 1 atom stereocenters. The maximum atomic E-state index is 12.2. The molecule has 2 rings (SSSR count). The first-order chi connectivity index (χ1) is 7.33. The molecule has 15 heavy (non-hydrogen) atoms. The number of alkyl halides is 1. The lowest BCUT2D eigenvalue weighted by atomic mass is 10.1. The quantitative estimate of drug-likeness (QED) is 0.677. The molecule has 2 fully saturated rings. The molecule has 2 aliphatic rings. The number of nitrogens with zero attached hydrogens (tertiary/aromatic N) is 1. The van der Waals surface area contributed by atoms with Crippen molar-refractivity contribution < 1.29 is 9.53 Å². The van der Waals surface area contributed by atoms with E-state index in [4.69, 9.17) is 16.3 Å². The van der Waals surface area contributed by atoms with Crippen molar-refractivity contribution in [3.63, 3.8) is 0 Å². The number of hydrogen-bond donors (Lipinski definition) is 0. The third-order valence-corrected chi connectivity index (χ3v) is 3.75. The van der Waals surface area contributed by atoms with Gasteiger partial charge in [-0.3, -0.25) is 4.79 Å². The van der Waals surface area contributed by atoms with E-state index in [1.165, 1.54) is 12.8 Å². The van der Waals surface area contributed by atoms with Gasteiger partial charge in [-0.15, -0.1) is 11.6 Å². The molecular formula is C11H18ClNO2. The van der Waals surface area contributed by atoms with Crippen LogP contribution in [0.2, 0.25) is 0 Å². The minimum Gasteiger partial charge on any atom is -0.377 e. The van der Waals surface area contributed by atoms with Crippen molar-refractivity contribution in [2.45, 2.75) is 31.7 Å². The van der Waals surface area contributed by atoms with Gasteiger partial charge in [0.1, 0.15) is 0 Å². The second-order valence-electron chi connectivity index (χ2n) is 4.40. The van der Waals surface area contributed by atoms with Crippen molar-refractivity contribution in [3.8, 4) is 0 Å². The standard InChI is InChI=1S/C11H18ClNO2/c12-7-10-8-15-6-5-13(10)11(14)9-3-1-2-4-9/h9-10H,1-8H2. The van der Waals surface area contributed by atoms with E-state index < -0.39 is 0 Å². The maximum Gasteiger partial charge on any atom is 0.226 e. The first-order valence-electron chi connectivity index (χ1n) is 5.77. The molecule has 0 N–H and O–H groups in total. The van der Waals surface area contributed by atoms with Gasteiger partial charge in [0.15, 0.2) is 0 Å². The molecule has 0 aromatic heterocycles. The summed E-state index contributed by atoms with van der Waals surface area (Å²) in [5, 5.41) is 0. The normalized spacial score (nSPS) is 28.3. The summed E-state index contributed by atoms with van der Waals surface area (Å²) in [6.45, 7) is 1.97. The van der Waals surface area contributed by atoms with Crippen molar-refractivity contribution >= 4 is 17.5 Å². The summed E-state index contributed by atoms with van der Waals surface area (Å²) in [4.78, 5) is 14.1. The number of amides is 1. The van der Waals surface area contributed by atoms with Gasteiger partial charge in [-0.2, -0.15) is 0 Å². The number of morpholine rings is 1. The molecule has 0 bridgehead atoms. The van der Waals surface area contributed by atoms with E-state index in [1.807, 2.05) is 4.90 Å². The number of hydrogen-bond acceptors (Lipinski definition) is 2. The summed E-state index contributed by atoms with van der Waals surface area (Å²) in [7, 11) is 0. The Hall–Kier alpha value is -0.280. The third kappa shape index (κ3) is 2.45. The smallest absolute Gasteiger partial charge is 0.226 e. The van der Waals surface area contributed by atoms with Crippen LogP contribution in [0.1, 0.15) is 25.7 Å². The fraction of sp³-hybridized carbons (Fsp3) is 0.909. The van der Waals surface area contributed by atoms with Gasteiger partial charge < -0.3 is 9.64 Å². The van der Waals surface area contributed by atoms with Gasteiger partial charge in [0.25, 0.3) is 0 Å². The highest BCUT2D eigenvalue weighted by Crippen LogP contribution is 2.27. The van der Waals surface area contributed by atoms with Crippen LogP contribution in [0, 0.1) is 5.92 Å². The molecule has 0 aromatic carbocycles. The summed E-state index contributed by atoms with van der Waals surface area (Å²) in [6, 6.07) is 0.0912. The summed E-state index contributed by atoms with van der Waals surface area (Å²) < 4.78 is 5.34. The first kappa shape index (κ1) is 11.2. The molecule has 1 saturated carbocycles. The van der Waals surface area contributed by atoms with Crippen LogP contribution in [0.5, 0.6) is 0 Å². The van der Waals surface area contributed by atoms with Crippen LogP contribution >= 0.6 is 11.6 Å². The first-order valence-corrected chi connectivity index (χ1v) is 6.30. The highest BCUT2D eigenvalue weighted by Gasteiger charge is 2.32. The molecule has 86 valence electrons. The average Bonchev–Trinajstić information content (AvgIpc) is 2.81. The van der Waals surface area contributed by atoms with Crippen LogP contribution < -0.4 is 0 Å². The second-order valence-corrected chi connectivity index (χ2v) is 4.70. The Morgan fingerprint density at radius 2 is 2.13 bits per heavy atom. The van der Waals surface area contributed by atoms with Gasteiger partial charge in [0, 0.05) is 18.3 Å². The Kier molecular flexibility index (Phi) is 3.87. The lowest BCUT2D eigenvalue weighted by Gasteiger charge is -2.36. The van der Waals surface area contributed by atoms with Crippen LogP contribution in [0.4, 0.5) is 0 Å². The van der Waals surface area contributed by atoms with E-state index in [0.29, 0.717) is 31.5 Å². The number of halogens is 1. The molecule has 1 unspecified atom stereocenters. The largest absolute Gasteiger partial charge is 0.377 e. The zero-order valence-corrected chi connectivity index (χ0v) is 9.71. The highest BCUT2D eigenvalue weighted by molar-refractivity contribution is 6.18. The van der Waals surface area contributed by atoms with Crippen molar-refractivity contribution in [2.24, 2.45) is 5.92 Å². The fourth-order valence-electron chi connectivity index (χ4n) is 2.48. The molecule has 1 amide bonds. The van der Waals surface area contributed by atoms with Gasteiger partial charge in [-0.25, -0.2) is 0 Å². The zero-order chi connectivity index (χ0) is 10.7. The number of carbonyl (C=O) groups excluding carboxylic acids is 1. The topological polar surface area (TPSA) is 29.5 Å². The molecule has 1 aliphatic carbocycles. The number of carbonyl (C=O) groups is 1. The molecule has 0 aromatic rings. The van der Waals surface area contributed by atoms with Crippen molar-refractivity contribution in [3.05, 3.63) is 0 Å². The van der Waals surface area contributed by atoms with E-state index in [1.54, 1.807) is 0 Å². The SMILES string of the molecule is O=C(C1CCCC1)N1CCOCC1CCl. The third-order valence-electron chi connectivity index (χ3n) is 3.39. The van der Waals surface area contributed by atoms with Crippen LogP contribution in [0.3, 0.4) is 0 Å². The molecule has 0 radical (unpaired) electrons. The lowest BCUT2D eigenvalue weighted by Crippen LogP contribution is -2.51. The van der Waals surface area contributed by atoms with Gasteiger partial charge in [0.2, 0.25) is 5.91 Å². The Morgan fingerprint density at radius 1 is 1.40 bits per heavy atom. The fourth-order valence-corrected chi connectivity index (χ4v) is 2.74. The monoisotopic (exact) mass is 231 g/mol. The van der Waals surface area contributed by atoms with Crippen LogP contribution in [-0.2, 0) is 9.53 Å². The summed E-state index contributed by atoms with van der Waals surface area (Å²) in [6.07, 6.45) is 4.52. The minimum absolute atomic E-state index is 0.0912. The average molecular weight is 232 g/mol. The zero-order valence-electron chi connectivity index (χ0n) is 8.95. The van der Waals surface area contributed by atoms with Crippen molar-refractivity contribution in [1.82, 2.24) is 4.90 Å². The Labute approximate surface area is 95.7 Å². The molecule has 4 heteroatoms. The highest BCUT2D eigenvalue weighted by atomic mass is 35.5. The second kappa shape index (κ2) is 5.17. The van der Waals surface area contributed by atoms with Gasteiger partial charge in [0.05, 0.1) is 19.3 Å². The Morgan fingerprint density at radius 3 is 2.80 bits per heavy atom. The van der Waals surface area contributed by atoms with Crippen LogP contribution in [0.15, 0.2) is 0 Å². The predicted octanol–water partition coefficient (Wildman–Crippen LogP) is 1.64. The van der Waals surface area contributed by atoms with Crippen LogP contribution in [0.25, 0.3) is 0 Å². The lowest BCUT2D eigenvalue weighted by molar-refractivity contribution is -0.143.